The molecule has 0 saturated carbocycles. The van der Waals surface area contributed by atoms with E-state index in [1.807, 2.05) is 36.1 Å². The molecule has 1 saturated heterocycles. The Morgan fingerprint density at radius 1 is 1.16 bits per heavy atom. The number of nitrogens with one attached hydrogen (secondary N) is 1. The van der Waals surface area contributed by atoms with Crippen LogP contribution in [0.1, 0.15) is 16.8 Å². The van der Waals surface area contributed by atoms with Gasteiger partial charge in [-0.2, -0.15) is 0 Å². The number of morpholine rings is 1. The second-order valence-corrected chi connectivity index (χ2v) is 7.82. The minimum absolute atomic E-state index is 0.0469. The van der Waals surface area contributed by atoms with Gasteiger partial charge in [0, 0.05) is 19.3 Å². The number of benzene rings is 1. The standard InChI is InChI=1S/C17H22N4O3S/c1-14-2-4-15(5-3-14)13-25(22,23)19-12-16-6-7-18-17(20-16)21-8-10-24-11-9-21/h2-7,19H,8-13H2,1H3. The number of ether oxygens (including phenoxy) is 1. The molecule has 1 aromatic heterocycles. The second kappa shape index (κ2) is 7.90. The van der Waals surface area contributed by atoms with Crippen molar-refractivity contribution in [3.63, 3.8) is 0 Å². The molecule has 1 fully saturated rings. The Hall–Kier alpha value is -2.03. The number of hydrogen-bond acceptors (Lipinski definition) is 6. The van der Waals surface area contributed by atoms with Crippen molar-refractivity contribution in [1.82, 2.24) is 14.7 Å². The molecule has 8 heteroatoms. The smallest absolute Gasteiger partial charge is 0.225 e. The zero-order valence-electron chi connectivity index (χ0n) is 14.2. The lowest BCUT2D eigenvalue weighted by Crippen LogP contribution is -2.37. The van der Waals surface area contributed by atoms with E-state index in [-0.39, 0.29) is 12.3 Å². The fraction of sp³-hybridized carbons (Fsp3) is 0.412. The van der Waals surface area contributed by atoms with E-state index < -0.39 is 10.0 Å². The summed E-state index contributed by atoms with van der Waals surface area (Å²) < 4.78 is 32.5. The molecule has 3 rings (SSSR count). The molecule has 0 atom stereocenters. The van der Waals surface area contributed by atoms with Crippen LogP contribution in [0.15, 0.2) is 36.5 Å². The number of rotatable bonds is 6. The van der Waals surface area contributed by atoms with Crippen molar-refractivity contribution >= 4 is 16.0 Å². The van der Waals surface area contributed by atoms with E-state index in [2.05, 4.69) is 14.7 Å². The van der Waals surface area contributed by atoms with E-state index in [1.165, 1.54) is 0 Å². The third-order valence-electron chi connectivity index (χ3n) is 3.94. The van der Waals surface area contributed by atoms with Gasteiger partial charge in [0.25, 0.3) is 0 Å². The van der Waals surface area contributed by atoms with E-state index in [1.54, 1.807) is 12.3 Å². The number of aryl methyl sites for hydroxylation is 1. The summed E-state index contributed by atoms with van der Waals surface area (Å²) in [6.07, 6.45) is 1.65. The van der Waals surface area contributed by atoms with E-state index in [9.17, 15) is 8.42 Å². The first kappa shape index (κ1) is 17.8. The highest BCUT2D eigenvalue weighted by molar-refractivity contribution is 7.88. The summed E-state index contributed by atoms with van der Waals surface area (Å²) in [5, 5.41) is 0. The quantitative estimate of drug-likeness (QED) is 0.832. The Bertz CT molecular complexity index is 803. The number of hydrogen-bond donors (Lipinski definition) is 1. The largest absolute Gasteiger partial charge is 0.378 e. The maximum absolute atomic E-state index is 12.3. The molecule has 2 heterocycles. The van der Waals surface area contributed by atoms with Crippen LogP contribution in [-0.2, 0) is 27.1 Å². The summed E-state index contributed by atoms with van der Waals surface area (Å²) in [7, 11) is -3.43. The van der Waals surface area contributed by atoms with Crippen molar-refractivity contribution in [2.45, 2.75) is 19.2 Å². The van der Waals surface area contributed by atoms with Crippen LogP contribution in [0.25, 0.3) is 0 Å². The van der Waals surface area contributed by atoms with Crippen molar-refractivity contribution in [2.75, 3.05) is 31.2 Å². The third kappa shape index (κ3) is 5.22. The van der Waals surface area contributed by atoms with Crippen molar-refractivity contribution in [2.24, 2.45) is 0 Å². The van der Waals surface area contributed by atoms with Crippen molar-refractivity contribution in [1.29, 1.82) is 0 Å². The molecule has 1 aliphatic rings. The van der Waals surface area contributed by atoms with Gasteiger partial charge < -0.3 is 9.64 Å². The van der Waals surface area contributed by atoms with Crippen LogP contribution in [0.2, 0.25) is 0 Å². The van der Waals surface area contributed by atoms with Gasteiger partial charge in [-0.3, -0.25) is 0 Å². The van der Waals surface area contributed by atoms with Crippen LogP contribution in [0, 0.1) is 6.92 Å². The lowest BCUT2D eigenvalue weighted by atomic mass is 10.2. The fourth-order valence-corrected chi connectivity index (χ4v) is 3.64. The van der Waals surface area contributed by atoms with Gasteiger partial charge in [-0.05, 0) is 18.6 Å². The van der Waals surface area contributed by atoms with Crippen LogP contribution in [-0.4, -0.2) is 44.7 Å². The molecule has 1 N–H and O–H groups in total. The minimum Gasteiger partial charge on any atom is -0.378 e. The van der Waals surface area contributed by atoms with Gasteiger partial charge in [0.05, 0.1) is 31.2 Å². The summed E-state index contributed by atoms with van der Waals surface area (Å²) in [6.45, 7) is 4.89. The Morgan fingerprint density at radius 3 is 2.60 bits per heavy atom. The molecular formula is C17H22N4O3S. The molecule has 0 aliphatic carbocycles. The molecule has 0 radical (unpaired) electrons. The molecule has 0 spiro atoms. The first-order valence-corrected chi connectivity index (χ1v) is 9.84. The first-order chi connectivity index (χ1) is 12.0. The molecule has 25 heavy (non-hydrogen) atoms. The maximum Gasteiger partial charge on any atom is 0.225 e. The Balaban J connectivity index is 1.61. The normalized spacial score (nSPS) is 15.3. The van der Waals surface area contributed by atoms with Gasteiger partial charge in [0.1, 0.15) is 0 Å². The monoisotopic (exact) mass is 362 g/mol. The van der Waals surface area contributed by atoms with Crippen LogP contribution in [0.4, 0.5) is 5.95 Å². The predicted octanol–water partition coefficient (Wildman–Crippen LogP) is 1.24. The van der Waals surface area contributed by atoms with Crippen LogP contribution >= 0.6 is 0 Å². The molecule has 0 unspecified atom stereocenters. The van der Waals surface area contributed by atoms with Gasteiger partial charge in [-0.25, -0.2) is 23.1 Å². The van der Waals surface area contributed by atoms with E-state index in [0.717, 1.165) is 24.2 Å². The number of aromatic nitrogens is 2. The molecule has 2 aromatic rings. The van der Waals surface area contributed by atoms with E-state index in [4.69, 9.17) is 4.74 Å². The van der Waals surface area contributed by atoms with Gasteiger partial charge >= 0.3 is 0 Å². The third-order valence-corrected chi connectivity index (χ3v) is 5.24. The highest BCUT2D eigenvalue weighted by Gasteiger charge is 2.15. The topological polar surface area (TPSA) is 84.4 Å². The van der Waals surface area contributed by atoms with E-state index >= 15 is 0 Å². The summed E-state index contributed by atoms with van der Waals surface area (Å²) in [4.78, 5) is 10.8. The van der Waals surface area contributed by atoms with Crippen LogP contribution < -0.4 is 9.62 Å². The lowest BCUT2D eigenvalue weighted by Gasteiger charge is -2.26. The Kier molecular flexibility index (Phi) is 5.62. The second-order valence-electron chi connectivity index (χ2n) is 6.01. The summed E-state index contributed by atoms with van der Waals surface area (Å²) in [5.74, 6) is 0.563. The van der Waals surface area contributed by atoms with Gasteiger partial charge in [0.2, 0.25) is 16.0 Å². The average molecular weight is 362 g/mol. The molecule has 1 aliphatic heterocycles. The van der Waals surface area contributed by atoms with Crippen molar-refractivity contribution < 1.29 is 13.2 Å². The van der Waals surface area contributed by atoms with Crippen LogP contribution in [0.5, 0.6) is 0 Å². The van der Waals surface area contributed by atoms with Crippen LogP contribution in [0.3, 0.4) is 0 Å². The molecule has 134 valence electrons. The molecule has 7 nitrogen and oxygen atoms in total. The molecule has 0 bridgehead atoms. The molecule has 0 amide bonds. The summed E-state index contributed by atoms with van der Waals surface area (Å²) >= 11 is 0. The van der Waals surface area contributed by atoms with Crippen molar-refractivity contribution in [3.05, 3.63) is 53.3 Å². The zero-order valence-corrected chi connectivity index (χ0v) is 15.0. The summed E-state index contributed by atoms with van der Waals surface area (Å²) in [5.41, 5.74) is 2.50. The number of anilines is 1. The fourth-order valence-electron chi connectivity index (χ4n) is 2.54. The zero-order chi connectivity index (χ0) is 17.7. The van der Waals surface area contributed by atoms with Gasteiger partial charge in [-0.1, -0.05) is 29.8 Å². The van der Waals surface area contributed by atoms with Crippen molar-refractivity contribution in [3.8, 4) is 0 Å². The highest BCUT2D eigenvalue weighted by atomic mass is 32.2. The number of nitrogens with zero attached hydrogens (tertiary/aromatic N) is 3. The number of sulfonamides is 1. The highest BCUT2D eigenvalue weighted by Crippen LogP contribution is 2.11. The predicted molar refractivity (Wildman–Crippen MR) is 95.7 cm³/mol. The SMILES string of the molecule is Cc1ccc(CS(=O)(=O)NCc2ccnc(N3CCOCC3)n2)cc1. The maximum atomic E-state index is 12.3. The minimum atomic E-state index is -3.43. The Morgan fingerprint density at radius 2 is 1.88 bits per heavy atom. The van der Waals surface area contributed by atoms with Gasteiger partial charge in [-0.15, -0.1) is 0 Å². The van der Waals surface area contributed by atoms with E-state index in [0.29, 0.717) is 24.9 Å². The summed E-state index contributed by atoms with van der Waals surface area (Å²) in [6, 6.07) is 9.19. The molecular weight excluding hydrogens is 340 g/mol. The molecule has 1 aromatic carbocycles. The average Bonchev–Trinajstić information content (AvgIpc) is 2.63. The lowest BCUT2D eigenvalue weighted by molar-refractivity contribution is 0.122. The van der Waals surface area contributed by atoms with Gasteiger partial charge in [0.15, 0.2) is 0 Å². The first-order valence-electron chi connectivity index (χ1n) is 8.19. The Labute approximate surface area is 148 Å².